The van der Waals surface area contributed by atoms with Gasteiger partial charge >= 0.3 is 0 Å². The first-order chi connectivity index (χ1) is 12.7. The van der Waals surface area contributed by atoms with Gasteiger partial charge in [-0.2, -0.15) is 0 Å². The molecule has 2 aromatic rings. The minimum Gasteiger partial charge on any atom is -0.366 e. The largest absolute Gasteiger partial charge is 0.366 e. The molecule has 2 fully saturated rings. The van der Waals surface area contributed by atoms with Gasteiger partial charge in [0.2, 0.25) is 5.91 Å². The lowest BCUT2D eigenvalue weighted by Crippen LogP contribution is -2.41. The highest BCUT2D eigenvalue weighted by molar-refractivity contribution is 5.94. The van der Waals surface area contributed by atoms with Crippen LogP contribution in [0.1, 0.15) is 60.5 Å². The minimum absolute atomic E-state index is 0.394. The molecule has 0 bridgehead atoms. The second-order valence-electron chi connectivity index (χ2n) is 7.51. The van der Waals surface area contributed by atoms with E-state index in [0.717, 1.165) is 36.0 Å². The first kappa shape index (κ1) is 17.2. The summed E-state index contributed by atoms with van der Waals surface area (Å²) in [5.74, 6) is -0.0207. The first-order valence-electron chi connectivity index (χ1n) is 9.67. The fourth-order valence-electron chi connectivity index (χ4n) is 4.52. The van der Waals surface area contributed by atoms with Gasteiger partial charge in [-0.05, 0) is 44.4 Å². The van der Waals surface area contributed by atoms with E-state index in [0.29, 0.717) is 11.5 Å². The van der Waals surface area contributed by atoms with E-state index in [2.05, 4.69) is 9.88 Å². The number of hydrogen-bond acceptors (Lipinski definition) is 4. The number of hydrogen-bond donors (Lipinski definition) is 1. The van der Waals surface area contributed by atoms with Crippen molar-refractivity contribution in [1.82, 2.24) is 14.9 Å². The van der Waals surface area contributed by atoms with Crippen LogP contribution in [0, 0.1) is 0 Å². The van der Waals surface area contributed by atoms with Crippen LogP contribution in [0.5, 0.6) is 0 Å². The predicted octanol–water partition coefficient (Wildman–Crippen LogP) is 3.36. The van der Waals surface area contributed by atoms with Crippen molar-refractivity contribution in [3.63, 3.8) is 0 Å². The van der Waals surface area contributed by atoms with Crippen molar-refractivity contribution in [2.45, 2.75) is 50.5 Å². The Bertz CT molecular complexity index is 785. The quantitative estimate of drug-likeness (QED) is 0.918. The molecule has 2 N–H and O–H groups in total. The lowest BCUT2D eigenvalue weighted by atomic mass is 9.90. The summed E-state index contributed by atoms with van der Waals surface area (Å²) >= 11 is 0. The number of nitrogens with two attached hydrogens (primary N) is 1. The van der Waals surface area contributed by atoms with Crippen LogP contribution in [0.15, 0.2) is 36.7 Å². The van der Waals surface area contributed by atoms with E-state index in [4.69, 9.17) is 10.7 Å². The van der Waals surface area contributed by atoms with E-state index < -0.39 is 5.91 Å². The average molecular weight is 350 g/mol. The molecule has 0 radical (unpaired) electrons. The highest BCUT2D eigenvalue weighted by atomic mass is 16.1. The van der Waals surface area contributed by atoms with Crippen molar-refractivity contribution in [1.29, 1.82) is 0 Å². The summed E-state index contributed by atoms with van der Waals surface area (Å²) < 4.78 is 0. The maximum absolute atomic E-state index is 11.5. The number of likely N-dealkylation sites (tertiary alicyclic amines) is 1. The van der Waals surface area contributed by atoms with Crippen molar-refractivity contribution >= 4 is 5.91 Å². The highest BCUT2D eigenvalue weighted by Gasteiger charge is 2.30. The number of amides is 1. The van der Waals surface area contributed by atoms with Gasteiger partial charge in [0.1, 0.15) is 0 Å². The lowest BCUT2D eigenvalue weighted by molar-refractivity contribution is 0.100. The molecule has 1 aromatic carbocycles. The normalized spacial score (nSPS) is 21.8. The molecule has 136 valence electrons. The average Bonchev–Trinajstić information content (AvgIpc) is 3.23. The smallest absolute Gasteiger partial charge is 0.248 e. The van der Waals surface area contributed by atoms with Gasteiger partial charge in [-0.1, -0.05) is 25.0 Å². The van der Waals surface area contributed by atoms with E-state index in [1.54, 1.807) is 18.5 Å². The second kappa shape index (κ2) is 7.54. The van der Waals surface area contributed by atoms with Crippen molar-refractivity contribution in [2.24, 2.45) is 5.73 Å². The summed E-state index contributed by atoms with van der Waals surface area (Å²) in [6.45, 7) is 2.26. The maximum Gasteiger partial charge on any atom is 0.248 e. The first-order valence-corrected chi connectivity index (χ1v) is 9.67. The van der Waals surface area contributed by atoms with Crippen LogP contribution in [0.25, 0.3) is 11.3 Å². The van der Waals surface area contributed by atoms with Gasteiger partial charge in [-0.3, -0.25) is 19.7 Å². The SMILES string of the molecule is NC(=O)c1cccc(-c2nccnc2[C@@H]2CCCN(C3CCCC3)C2)c1. The molecule has 0 spiro atoms. The predicted molar refractivity (Wildman–Crippen MR) is 102 cm³/mol. The molecule has 1 amide bonds. The number of rotatable bonds is 4. The molecule has 1 aromatic heterocycles. The number of nitrogens with zero attached hydrogens (tertiary/aromatic N) is 3. The standard InChI is InChI=1S/C21H26N4O/c22-21(26)16-6-3-5-15(13-16)19-20(24-11-10-23-19)17-7-4-12-25(14-17)18-8-1-2-9-18/h3,5-6,10-11,13,17-18H,1-2,4,7-9,12,14H2,(H2,22,26)/t17-/m1/s1. The summed E-state index contributed by atoms with van der Waals surface area (Å²) in [5.41, 5.74) is 8.81. The molecule has 2 aliphatic rings. The number of benzene rings is 1. The van der Waals surface area contributed by atoms with Gasteiger partial charge in [0.05, 0.1) is 11.4 Å². The third-order valence-corrected chi connectivity index (χ3v) is 5.83. The molecule has 2 heterocycles. The molecular weight excluding hydrogens is 324 g/mol. The van der Waals surface area contributed by atoms with Gasteiger partial charge in [-0.25, -0.2) is 0 Å². The van der Waals surface area contributed by atoms with Crippen molar-refractivity contribution < 1.29 is 4.79 Å². The lowest BCUT2D eigenvalue weighted by Gasteiger charge is -2.37. The molecule has 1 aliphatic carbocycles. The van der Waals surface area contributed by atoms with Gasteiger partial charge in [-0.15, -0.1) is 0 Å². The maximum atomic E-state index is 11.5. The summed E-state index contributed by atoms with van der Waals surface area (Å²) in [6, 6.07) is 8.16. The summed E-state index contributed by atoms with van der Waals surface area (Å²) in [4.78, 5) is 23.5. The van der Waals surface area contributed by atoms with Gasteiger partial charge in [0, 0.05) is 42.0 Å². The molecule has 1 saturated heterocycles. The Balaban J connectivity index is 1.63. The van der Waals surface area contributed by atoms with Gasteiger partial charge in [0.25, 0.3) is 0 Å². The van der Waals surface area contributed by atoms with Crippen LogP contribution in [-0.4, -0.2) is 39.9 Å². The Morgan fingerprint density at radius 2 is 1.88 bits per heavy atom. The Morgan fingerprint density at radius 3 is 2.69 bits per heavy atom. The third kappa shape index (κ3) is 3.49. The Hall–Kier alpha value is -2.27. The monoisotopic (exact) mass is 350 g/mol. The second-order valence-corrected chi connectivity index (χ2v) is 7.51. The molecule has 1 saturated carbocycles. The Kier molecular flexibility index (Phi) is 4.98. The number of primary amides is 1. The Morgan fingerprint density at radius 1 is 1.08 bits per heavy atom. The number of carbonyl (C=O) groups excluding carboxylic acids is 1. The highest BCUT2D eigenvalue weighted by Crippen LogP contribution is 2.35. The zero-order valence-corrected chi connectivity index (χ0v) is 15.1. The van der Waals surface area contributed by atoms with E-state index in [9.17, 15) is 4.79 Å². The van der Waals surface area contributed by atoms with Gasteiger partial charge < -0.3 is 5.73 Å². The van der Waals surface area contributed by atoms with Crippen LogP contribution >= 0.6 is 0 Å². The van der Waals surface area contributed by atoms with E-state index >= 15 is 0 Å². The molecule has 0 unspecified atom stereocenters. The van der Waals surface area contributed by atoms with Crippen molar-refractivity contribution in [2.75, 3.05) is 13.1 Å². The van der Waals surface area contributed by atoms with E-state index in [1.165, 1.54) is 38.6 Å². The van der Waals surface area contributed by atoms with Crippen molar-refractivity contribution in [3.05, 3.63) is 47.9 Å². The van der Waals surface area contributed by atoms with E-state index in [-0.39, 0.29) is 0 Å². The molecule has 4 rings (SSSR count). The molecule has 5 nitrogen and oxygen atoms in total. The molecular formula is C21H26N4O. The van der Waals surface area contributed by atoms with Crippen LogP contribution < -0.4 is 5.73 Å². The number of carbonyl (C=O) groups is 1. The Labute approximate surface area is 154 Å². The molecule has 1 atom stereocenters. The minimum atomic E-state index is -0.414. The van der Waals surface area contributed by atoms with Crippen LogP contribution in [0.2, 0.25) is 0 Å². The summed E-state index contributed by atoms with van der Waals surface area (Å²) in [5, 5.41) is 0. The summed E-state index contributed by atoms with van der Waals surface area (Å²) in [7, 11) is 0. The number of piperidine rings is 1. The molecule has 1 aliphatic heterocycles. The van der Waals surface area contributed by atoms with Crippen LogP contribution in [-0.2, 0) is 0 Å². The molecule has 26 heavy (non-hydrogen) atoms. The van der Waals surface area contributed by atoms with Crippen molar-refractivity contribution in [3.8, 4) is 11.3 Å². The zero-order valence-electron chi connectivity index (χ0n) is 15.1. The topological polar surface area (TPSA) is 72.1 Å². The fourth-order valence-corrected chi connectivity index (χ4v) is 4.52. The molecule has 5 heteroatoms. The van der Waals surface area contributed by atoms with Gasteiger partial charge in [0.15, 0.2) is 0 Å². The summed E-state index contributed by atoms with van der Waals surface area (Å²) in [6.07, 6.45) is 11.3. The van der Waals surface area contributed by atoms with E-state index in [1.807, 2.05) is 18.2 Å². The third-order valence-electron chi connectivity index (χ3n) is 5.83. The fraction of sp³-hybridized carbons (Fsp3) is 0.476. The number of aromatic nitrogens is 2. The van der Waals surface area contributed by atoms with Crippen LogP contribution in [0.3, 0.4) is 0 Å². The van der Waals surface area contributed by atoms with Crippen LogP contribution in [0.4, 0.5) is 0 Å². The zero-order chi connectivity index (χ0) is 17.9.